The Morgan fingerprint density at radius 3 is 2.40 bits per heavy atom. The van der Waals surface area contributed by atoms with Crippen molar-refractivity contribution in [3.05, 3.63) is 34.4 Å². The van der Waals surface area contributed by atoms with Gasteiger partial charge in [0, 0.05) is 49.9 Å². The lowest BCUT2D eigenvalue weighted by Crippen LogP contribution is -2.57. The SMILES string of the molecule is CC1CN(S(=O)(=O)N2CCN(C(=O)C3=Cc4cc(Cl)ccc4OC3)CC2)CC(C)O1. The molecule has 2 fully saturated rings. The number of hydrogen-bond acceptors (Lipinski definition) is 5. The molecule has 30 heavy (non-hydrogen) atoms. The van der Waals surface area contributed by atoms with Gasteiger partial charge < -0.3 is 14.4 Å². The normalized spacial score (nSPS) is 26.0. The van der Waals surface area contributed by atoms with E-state index in [2.05, 4.69) is 0 Å². The van der Waals surface area contributed by atoms with Crippen LogP contribution in [0.15, 0.2) is 23.8 Å². The first-order chi connectivity index (χ1) is 14.2. The summed E-state index contributed by atoms with van der Waals surface area (Å²) in [7, 11) is -3.57. The molecule has 0 radical (unpaired) electrons. The Hall–Kier alpha value is -1.65. The fraction of sp³-hybridized carbons (Fsp3) is 0.550. The molecule has 10 heteroatoms. The highest BCUT2D eigenvalue weighted by molar-refractivity contribution is 7.86. The number of carbonyl (C=O) groups excluding carboxylic acids is 1. The third kappa shape index (κ3) is 4.36. The maximum atomic E-state index is 13.0. The third-order valence-electron chi connectivity index (χ3n) is 5.52. The molecule has 0 bridgehead atoms. The van der Waals surface area contributed by atoms with Crippen LogP contribution in [0, 0.1) is 0 Å². The van der Waals surface area contributed by atoms with Crippen LogP contribution in [-0.2, 0) is 19.7 Å². The first kappa shape index (κ1) is 21.6. The Labute approximate surface area is 182 Å². The number of amides is 1. The molecule has 164 valence electrons. The Morgan fingerprint density at radius 1 is 1.07 bits per heavy atom. The van der Waals surface area contributed by atoms with Crippen LogP contribution in [0.3, 0.4) is 0 Å². The minimum Gasteiger partial charge on any atom is -0.488 e. The number of piperazine rings is 1. The second-order valence-corrected chi connectivity index (χ2v) is 10.3. The first-order valence-corrected chi connectivity index (χ1v) is 11.8. The average Bonchev–Trinajstić information content (AvgIpc) is 2.72. The number of fused-ring (bicyclic) bond motifs is 1. The van der Waals surface area contributed by atoms with Crippen molar-refractivity contribution in [2.45, 2.75) is 26.1 Å². The van der Waals surface area contributed by atoms with Crippen molar-refractivity contribution in [2.75, 3.05) is 45.9 Å². The summed E-state index contributed by atoms with van der Waals surface area (Å²) in [5.74, 6) is 0.562. The topological polar surface area (TPSA) is 79.4 Å². The lowest BCUT2D eigenvalue weighted by Gasteiger charge is -2.40. The summed E-state index contributed by atoms with van der Waals surface area (Å²) >= 11 is 6.04. The molecule has 3 heterocycles. The van der Waals surface area contributed by atoms with Gasteiger partial charge >= 0.3 is 0 Å². The van der Waals surface area contributed by atoms with E-state index in [1.165, 1.54) is 8.61 Å². The largest absolute Gasteiger partial charge is 0.488 e. The summed E-state index contributed by atoms with van der Waals surface area (Å²) in [4.78, 5) is 14.6. The fourth-order valence-electron chi connectivity index (χ4n) is 4.08. The van der Waals surface area contributed by atoms with E-state index >= 15 is 0 Å². The number of benzene rings is 1. The summed E-state index contributed by atoms with van der Waals surface area (Å²) < 4.78 is 40.3. The fourth-order valence-corrected chi connectivity index (χ4v) is 6.01. The summed E-state index contributed by atoms with van der Waals surface area (Å²) in [5, 5.41) is 0.577. The van der Waals surface area contributed by atoms with Crippen molar-refractivity contribution in [1.82, 2.24) is 13.5 Å². The molecule has 0 saturated carbocycles. The van der Waals surface area contributed by atoms with Gasteiger partial charge in [0.2, 0.25) is 0 Å². The van der Waals surface area contributed by atoms with Crippen molar-refractivity contribution in [1.29, 1.82) is 0 Å². The standard InChI is InChI=1S/C20H26ClN3O5S/c1-14-11-24(12-15(2)29-14)30(26,27)23-7-5-22(6-8-23)20(25)17-9-16-10-18(21)3-4-19(16)28-13-17/h3-4,9-10,14-15H,5-8,11-13H2,1-2H3. The van der Waals surface area contributed by atoms with E-state index in [-0.39, 0.29) is 37.8 Å². The van der Waals surface area contributed by atoms with Crippen LogP contribution in [0.25, 0.3) is 6.08 Å². The molecule has 0 spiro atoms. The maximum absolute atomic E-state index is 13.0. The van der Waals surface area contributed by atoms with E-state index in [1.807, 2.05) is 13.8 Å². The smallest absolute Gasteiger partial charge is 0.282 e. The van der Waals surface area contributed by atoms with Crippen LogP contribution in [0.5, 0.6) is 5.75 Å². The van der Waals surface area contributed by atoms with Crippen LogP contribution in [0.4, 0.5) is 0 Å². The quantitative estimate of drug-likeness (QED) is 0.692. The molecule has 1 aromatic rings. The Morgan fingerprint density at radius 2 is 1.73 bits per heavy atom. The highest BCUT2D eigenvalue weighted by Crippen LogP contribution is 2.30. The predicted molar refractivity (Wildman–Crippen MR) is 114 cm³/mol. The van der Waals surface area contributed by atoms with Crippen molar-refractivity contribution in [3.63, 3.8) is 0 Å². The highest BCUT2D eigenvalue weighted by Gasteiger charge is 2.37. The Bertz CT molecular complexity index is 949. The van der Waals surface area contributed by atoms with E-state index in [0.29, 0.717) is 42.5 Å². The first-order valence-electron chi connectivity index (χ1n) is 10.1. The molecule has 2 unspecified atom stereocenters. The second-order valence-electron chi connectivity index (χ2n) is 7.91. The van der Waals surface area contributed by atoms with Crippen LogP contribution >= 0.6 is 11.6 Å². The van der Waals surface area contributed by atoms with Crippen LogP contribution < -0.4 is 4.74 Å². The Kier molecular flexibility index (Phi) is 6.09. The van der Waals surface area contributed by atoms with Gasteiger partial charge in [0.25, 0.3) is 16.1 Å². The molecule has 8 nitrogen and oxygen atoms in total. The van der Waals surface area contributed by atoms with Gasteiger partial charge in [0.15, 0.2) is 0 Å². The van der Waals surface area contributed by atoms with Gasteiger partial charge in [-0.3, -0.25) is 4.79 Å². The molecule has 4 rings (SSSR count). The predicted octanol–water partition coefficient (Wildman–Crippen LogP) is 1.61. The van der Waals surface area contributed by atoms with Crippen molar-refractivity contribution in [3.8, 4) is 5.75 Å². The van der Waals surface area contributed by atoms with Crippen molar-refractivity contribution < 1.29 is 22.7 Å². The number of morpholine rings is 1. The molecule has 2 atom stereocenters. The lowest BCUT2D eigenvalue weighted by molar-refractivity contribution is -0.128. The lowest BCUT2D eigenvalue weighted by atomic mass is 10.1. The van der Waals surface area contributed by atoms with Crippen molar-refractivity contribution >= 4 is 33.8 Å². The molecular weight excluding hydrogens is 430 g/mol. The minimum atomic E-state index is -3.57. The highest BCUT2D eigenvalue weighted by atomic mass is 35.5. The van der Waals surface area contributed by atoms with E-state index < -0.39 is 10.2 Å². The number of halogens is 1. The molecule has 0 aromatic heterocycles. The zero-order valence-electron chi connectivity index (χ0n) is 17.1. The van der Waals surface area contributed by atoms with Crippen molar-refractivity contribution in [2.24, 2.45) is 0 Å². The van der Waals surface area contributed by atoms with Crippen LogP contribution in [0.2, 0.25) is 5.02 Å². The van der Waals surface area contributed by atoms with E-state index in [4.69, 9.17) is 21.1 Å². The second kappa shape index (κ2) is 8.47. The number of hydrogen-bond donors (Lipinski definition) is 0. The third-order valence-corrected chi connectivity index (χ3v) is 7.73. The number of nitrogens with zero attached hydrogens (tertiary/aromatic N) is 3. The van der Waals surface area contributed by atoms with Gasteiger partial charge in [-0.15, -0.1) is 0 Å². The van der Waals surface area contributed by atoms with E-state index in [1.54, 1.807) is 29.2 Å². The van der Waals surface area contributed by atoms with E-state index in [9.17, 15) is 13.2 Å². The summed E-state index contributed by atoms with van der Waals surface area (Å²) in [6, 6.07) is 5.29. The summed E-state index contributed by atoms with van der Waals surface area (Å²) in [6.45, 7) is 5.85. The molecular formula is C20H26ClN3O5S. The average molecular weight is 456 g/mol. The Balaban J connectivity index is 1.40. The van der Waals surface area contributed by atoms with Gasteiger partial charge in [0.05, 0.1) is 17.8 Å². The minimum absolute atomic E-state index is 0.133. The summed E-state index contributed by atoms with van der Waals surface area (Å²) in [6.07, 6.45) is 1.52. The molecule has 3 aliphatic heterocycles. The monoisotopic (exact) mass is 455 g/mol. The van der Waals surface area contributed by atoms with Crippen LogP contribution in [0.1, 0.15) is 19.4 Å². The van der Waals surface area contributed by atoms with E-state index in [0.717, 1.165) is 5.56 Å². The van der Waals surface area contributed by atoms with Gasteiger partial charge in [-0.2, -0.15) is 17.0 Å². The number of rotatable bonds is 3. The molecule has 1 aromatic carbocycles. The van der Waals surface area contributed by atoms with Gasteiger partial charge in [0.1, 0.15) is 12.4 Å². The molecule has 3 aliphatic rings. The van der Waals surface area contributed by atoms with Crippen LogP contribution in [-0.4, -0.2) is 85.9 Å². The molecule has 2 saturated heterocycles. The van der Waals surface area contributed by atoms with Gasteiger partial charge in [-0.25, -0.2) is 0 Å². The zero-order valence-corrected chi connectivity index (χ0v) is 18.7. The van der Waals surface area contributed by atoms with Gasteiger partial charge in [-0.05, 0) is 38.1 Å². The number of ether oxygens (including phenoxy) is 2. The number of carbonyl (C=O) groups is 1. The summed E-state index contributed by atoms with van der Waals surface area (Å²) in [5.41, 5.74) is 1.31. The molecule has 0 N–H and O–H groups in total. The van der Waals surface area contributed by atoms with Gasteiger partial charge in [-0.1, -0.05) is 11.6 Å². The molecule has 0 aliphatic carbocycles. The zero-order chi connectivity index (χ0) is 21.5. The maximum Gasteiger partial charge on any atom is 0.282 e. The molecule has 1 amide bonds.